The lowest BCUT2D eigenvalue weighted by Crippen LogP contribution is -2.46. The van der Waals surface area contributed by atoms with Gasteiger partial charge in [0.15, 0.2) is 5.11 Å². The number of hydrogen-bond donors (Lipinski definition) is 1. The van der Waals surface area contributed by atoms with Crippen molar-refractivity contribution in [2.24, 2.45) is 0 Å². The number of hydrogen-bond acceptors (Lipinski definition) is 4. The molecule has 5 nitrogen and oxygen atoms in total. The van der Waals surface area contributed by atoms with Gasteiger partial charge in [0.1, 0.15) is 11.6 Å². The molecule has 0 radical (unpaired) electrons. The van der Waals surface area contributed by atoms with Gasteiger partial charge in [0.2, 0.25) is 5.82 Å². The van der Waals surface area contributed by atoms with Crippen molar-refractivity contribution in [3.63, 3.8) is 0 Å². The second-order valence-corrected chi connectivity index (χ2v) is 8.61. The number of halogens is 2. The molecule has 0 aliphatic carbocycles. The molecule has 0 saturated carbocycles. The van der Waals surface area contributed by atoms with Gasteiger partial charge >= 0.3 is 0 Å². The molecule has 176 valence electrons. The van der Waals surface area contributed by atoms with Gasteiger partial charge in [0.25, 0.3) is 5.89 Å². The zero-order valence-electron chi connectivity index (χ0n) is 19.1. The second-order valence-electron chi connectivity index (χ2n) is 8.23. The van der Waals surface area contributed by atoms with Crippen molar-refractivity contribution in [1.82, 2.24) is 15.5 Å². The van der Waals surface area contributed by atoms with Gasteiger partial charge in [0.05, 0.1) is 11.6 Å². The van der Waals surface area contributed by atoms with Crippen molar-refractivity contribution in [1.29, 1.82) is 0 Å². The summed E-state index contributed by atoms with van der Waals surface area (Å²) in [6, 6.07) is 19.8. The van der Waals surface area contributed by atoms with E-state index in [1.165, 1.54) is 29.8 Å². The minimum Gasteiger partial charge on any atom is -0.351 e. The third-order valence-electron chi connectivity index (χ3n) is 6.00. The van der Waals surface area contributed by atoms with E-state index in [1.54, 1.807) is 18.2 Å². The van der Waals surface area contributed by atoms with Gasteiger partial charge in [-0.05, 0) is 85.2 Å². The second kappa shape index (κ2) is 9.38. The van der Waals surface area contributed by atoms with E-state index >= 15 is 0 Å². The monoisotopic (exact) mass is 488 g/mol. The Labute approximate surface area is 207 Å². The van der Waals surface area contributed by atoms with Gasteiger partial charge in [0, 0.05) is 16.9 Å². The van der Waals surface area contributed by atoms with E-state index in [1.807, 2.05) is 30.0 Å². The maximum absolute atomic E-state index is 14.2. The number of anilines is 1. The molecule has 1 aliphatic heterocycles. The standard InChI is InChI=1S/C27H22F2N4OS/c1-3-17-6-4-9-22(14-17)33-16(2)23(24(30-27(33)35)19-7-5-8-21(29)15-19)26-31-25(32-34-26)18-10-12-20(28)13-11-18/h4-15,24H,3H2,1-2H3,(H,30,35). The molecule has 4 aromatic rings. The Morgan fingerprint density at radius 3 is 2.51 bits per heavy atom. The topological polar surface area (TPSA) is 54.2 Å². The summed E-state index contributed by atoms with van der Waals surface area (Å²) in [6.07, 6.45) is 0.883. The van der Waals surface area contributed by atoms with Gasteiger partial charge in [-0.1, -0.05) is 36.3 Å². The van der Waals surface area contributed by atoms with E-state index in [4.69, 9.17) is 16.7 Å². The first-order chi connectivity index (χ1) is 16.9. The van der Waals surface area contributed by atoms with Crippen LogP contribution in [0.1, 0.15) is 36.9 Å². The minimum absolute atomic E-state index is 0.266. The van der Waals surface area contributed by atoms with Gasteiger partial charge in [-0.25, -0.2) is 8.78 Å². The molecule has 1 aliphatic rings. The molecular weight excluding hydrogens is 466 g/mol. The lowest BCUT2D eigenvalue weighted by atomic mass is 9.94. The SMILES string of the molecule is CCc1cccc(N2C(=S)NC(c3cccc(F)c3)C(c3nc(-c4ccc(F)cc4)no3)=C2C)c1. The van der Waals surface area contributed by atoms with Crippen LogP contribution in [0.5, 0.6) is 0 Å². The summed E-state index contributed by atoms with van der Waals surface area (Å²) in [5, 5.41) is 7.94. The summed E-state index contributed by atoms with van der Waals surface area (Å²) in [5.41, 5.74) is 4.81. The van der Waals surface area contributed by atoms with E-state index in [9.17, 15) is 8.78 Å². The van der Waals surface area contributed by atoms with Crippen LogP contribution in [0, 0.1) is 11.6 Å². The molecule has 3 aromatic carbocycles. The molecule has 35 heavy (non-hydrogen) atoms. The number of benzene rings is 3. The smallest absolute Gasteiger partial charge is 0.258 e. The highest BCUT2D eigenvalue weighted by Crippen LogP contribution is 2.39. The third-order valence-corrected chi connectivity index (χ3v) is 6.30. The fourth-order valence-corrected chi connectivity index (χ4v) is 4.59. The molecule has 8 heteroatoms. The number of thiocarbonyl (C=S) groups is 1. The number of allylic oxidation sites excluding steroid dienone is 1. The van der Waals surface area contributed by atoms with Crippen molar-refractivity contribution >= 4 is 28.6 Å². The maximum atomic E-state index is 14.2. The number of nitrogens with zero attached hydrogens (tertiary/aromatic N) is 3. The van der Waals surface area contributed by atoms with Crippen LogP contribution in [-0.4, -0.2) is 15.3 Å². The molecule has 5 rings (SSSR count). The Morgan fingerprint density at radius 1 is 1.00 bits per heavy atom. The van der Waals surface area contributed by atoms with Crippen LogP contribution >= 0.6 is 12.2 Å². The molecule has 0 bridgehead atoms. The number of nitrogens with one attached hydrogen (secondary N) is 1. The molecule has 0 fully saturated rings. The molecule has 2 heterocycles. The maximum Gasteiger partial charge on any atom is 0.258 e. The van der Waals surface area contributed by atoms with Crippen LogP contribution in [0.3, 0.4) is 0 Å². The fourth-order valence-electron chi connectivity index (χ4n) is 4.23. The van der Waals surface area contributed by atoms with Crippen molar-refractivity contribution in [3.8, 4) is 11.4 Å². The summed E-state index contributed by atoms with van der Waals surface area (Å²) >= 11 is 5.76. The first-order valence-corrected chi connectivity index (χ1v) is 11.6. The molecule has 1 unspecified atom stereocenters. The highest BCUT2D eigenvalue weighted by Gasteiger charge is 2.35. The Kier molecular flexibility index (Phi) is 6.13. The number of rotatable bonds is 5. The van der Waals surface area contributed by atoms with Gasteiger partial charge < -0.3 is 9.84 Å². The van der Waals surface area contributed by atoms with Crippen molar-refractivity contribution in [3.05, 3.63) is 107 Å². The third kappa shape index (κ3) is 4.44. The average molecular weight is 489 g/mol. The molecule has 1 aromatic heterocycles. The largest absolute Gasteiger partial charge is 0.351 e. The van der Waals surface area contributed by atoms with E-state index in [-0.39, 0.29) is 17.5 Å². The predicted molar refractivity (Wildman–Crippen MR) is 135 cm³/mol. The molecule has 0 spiro atoms. The first kappa shape index (κ1) is 22.9. The summed E-state index contributed by atoms with van der Waals surface area (Å²) in [5.74, 6) is -0.117. The summed E-state index contributed by atoms with van der Waals surface area (Å²) in [6.45, 7) is 4.02. The van der Waals surface area contributed by atoms with Crippen LogP contribution in [-0.2, 0) is 6.42 Å². The van der Waals surface area contributed by atoms with E-state index in [2.05, 4.69) is 34.5 Å². The minimum atomic E-state index is -0.509. The zero-order valence-corrected chi connectivity index (χ0v) is 19.9. The predicted octanol–water partition coefficient (Wildman–Crippen LogP) is 6.44. The summed E-state index contributed by atoms with van der Waals surface area (Å²) in [7, 11) is 0. The Bertz CT molecular complexity index is 1430. The summed E-state index contributed by atoms with van der Waals surface area (Å²) < 4.78 is 33.2. The van der Waals surface area contributed by atoms with Crippen molar-refractivity contribution in [2.45, 2.75) is 26.3 Å². The van der Waals surface area contributed by atoms with Gasteiger partial charge in [-0.2, -0.15) is 4.98 Å². The lowest BCUT2D eigenvalue weighted by Gasteiger charge is -2.37. The number of aromatic nitrogens is 2. The van der Waals surface area contributed by atoms with Gasteiger partial charge in [-0.3, -0.25) is 4.90 Å². The van der Waals surface area contributed by atoms with Crippen molar-refractivity contribution in [2.75, 3.05) is 4.90 Å². The van der Waals surface area contributed by atoms with Crippen LogP contribution in [0.15, 0.2) is 83.0 Å². The summed E-state index contributed by atoms with van der Waals surface area (Å²) in [4.78, 5) is 6.53. The first-order valence-electron chi connectivity index (χ1n) is 11.2. The molecule has 1 N–H and O–H groups in total. The van der Waals surface area contributed by atoms with E-state index in [0.717, 1.165) is 17.8 Å². The Hall–Kier alpha value is -3.91. The Morgan fingerprint density at radius 2 is 1.77 bits per heavy atom. The van der Waals surface area contributed by atoms with Crippen molar-refractivity contribution < 1.29 is 13.3 Å². The Balaban J connectivity index is 1.66. The average Bonchev–Trinajstić information content (AvgIpc) is 3.34. The lowest BCUT2D eigenvalue weighted by molar-refractivity contribution is 0.404. The molecule has 1 atom stereocenters. The van der Waals surface area contributed by atoms with Crippen LogP contribution in [0.2, 0.25) is 0 Å². The highest BCUT2D eigenvalue weighted by atomic mass is 32.1. The van der Waals surface area contributed by atoms with Crippen LogP contribution in [0.25, 0.3) is 17.0 Å². The van der Waals surface area contributed by atoms with Gasteiger partial charge in [-0.15, -0.1) is 0 Å². The molecular formula is C27H22F2N4OS. The quantitative estimate of drug-likeness (QED) is 0.326. The number of aryl methyl sites for hydroxylation is 1. The van der Waals surface area contributed by atoms with E-state index in [0.29, 0.717) is 27.6 Å². The molecule has 0 amide bonds. The van der Waals surface area contributed by atoms with Crippen LogP contribution < -0.4 is 10.2 Å². The molecule has 0 saturated heterocycles. The fraction of sp³-hybridized carbons (Fsp3) is 0.148. The zero-order chi connectivity index (χ0) is 24.5. The van der Waals surface area contributed by atoms with E-state index < -0.39 is 6.04 Å². The highest BCUT2D eigenvalue weighted by molar-refractivity contribution is 7.80. The van der Waals surface area contributed by atoms with Crippen LogP contribution in [0.4, 0.5) is 14.5 Å². The normalized spacial score (nSPS) is 15.9.